The molecule has 1 aromatic carbocycles. The molecule has 0 radical (unpaired) electrons. The van der Waals surface area contributed by atoms with E-state index in [9.17, 15) is 5.11 Å². The first-order chi connectivity index (χ1) is 6.63. The maximum Gasteiger partial charge on any atom is 0.0709 e. The van der Waals surface area contributed by atoms with Crippen molar-refractivity contribution in [1.82, 2.24) is 0 Å². The Kier molecular flexibility index (Phi) is 4.23. The number of hydrogen-bond donors (Lipinski definition) is 2. The van der Waals surface area contributed by atoms with Gasteiger partial charge in [0.15, 0.2) is 0 Å². The van der Waals surface area contributed by atoms with Gasteiger partial charge in [-0.15, -0.1) is 0 Å². The van der Waals surface area contributed by atoms with E-state index in [1.54, 1.807) is 0 Å². The number of nitrogens with one attached hydrogen (secondary N) is 1. The third-order valence-corrected chi connectivity index (χ3v) is 2.44. The molecule has 0 amide bonds. The zero-order valence-electron chi connectivity index (χ0n) is 8.55. The summed E-state index contributed by atoms with van der Waals surface area (Å²) >= 11 is 6.01. The molecule has 0 saturated carbocycles. The van der Waals surface area contributed by atoms with Crippen molar-refractivity contribution in [1.29, 1.82) is 0 Å². The summed E-state index contributed by atoms with van der Waals surface area (Å²) in [5.41, 5.74) is 2.02. The minimum atomic E-state index is -0.313. The minimum Gasteiger partial charge on any atom is -0.391 e. The molecule has 0 spiro atoms. The van der Waals surface area contributed by atoms with Gasteiger partial charge in [0.2, 0.25) is 0 Å². The van der Waals surface area contributed by atoms with E-state index in [2.05, 4.69) is 5.32 Å². The third-order valence-electron chi connectivity index (χ3n) is 2.12. The van der Waals surface area contributed by atoms with E-state index in [-0.39, 0.29) is 6.10 Å². The molecular weight excluding hydrogens is 198 g/mol. The molecule has 0 heterocycles. The molecular formula is C11H16ClNO. The lowest BCUT2D eigenvalue weighted by Crippen LogP contribution is -2.18. The number of anilines is 1. The molecule has 1 atom stereocenters. The Bertz CT molecular complexity index is 301. The number of halogens is 1. The fraction of sp³-hybridized carbons (Fsp3) is 0.455. The number of benzene rings is 1. The maximum absolute atomic E-state index is 9.36. The highest BCUT2D eigenvalue weighted by Gasteiger charge is 2.03. The zero-order chi connectivity index (χ0) is 10.6. The van der Waals surface area contributed by atoms with E-state index in [0.717, 1.165) is 17.7 Å². The first-order valence-corrected chi connectivity index (χ1v) is 5.19. The fourth-order valence-corrected chi connectivity index (χ4v) is 1.44. The average molecular weight is 214 g/mol. The molecule has 0 aliphatic heterocycles. The van der Waals surface area contributed by atoms with Crippen LogP contribution in [0, 0.1) is 6.92 Å². The van der Waals surface area contributed by atoms with Gasteiger partial charge in [0, 0.05) is 6.54 Å². The quantitative estimate of drug-likeness (QED) is 0.806. The highest BCUT2D eigenvalue weighted by Crippen LogP contribution is 2.22. The maximum atomic E-state index is 9.36. The summed E-state index contributed by atoms with van der Waals surface area (Å²) in [4.78, 5) is 0. The van der Waals surface area contributed by atoms with Crippen molar-refractivity contribution in [2.24, 2.45) is 0 Å². The van der Waals surface area contributed by atoms with Crippen molar-refractivity contribution < 1.29 is 5.11 Å². The summed E-state index contributed by atoms with van der Waals surface area (Å²) in [6.07, 6.45) is 0.434. The molecule has 3 heteroatoms. The van der Waals surface area contributed by atoms with Gasteiger partial charge in [-0.1, -0.05) is 24.6 Å². The molecule has 0 fully saturated rings. The van der Waals surface area contributed by atoms with Gasteiger partial charge in [-0.05, 0) is 31.0 Å². The minimum absolute atomic E-state index is 0.313. The fourth-order valence-electron chi connectivity index (χ4n) is 1.14. The van der Waals surface area contributed by atoms with Crippen LogP contribution >= 0.6 is 11.6 Å². The number of aliphatic hydroxyl groups excluding tert-OH is 1. The van der Waals surface area contributed by atoms with Crippen LogP contribution in [0.25, 0.3) is 0 Å². The number of aliphatic hydroxyl groups is 1. The van der Waals surface area contributed by atoms with Gasteiger partial charge < -0.3 is 10.4 Å². The Morgan fingerprint density at radius 1 is 1.50 bits per heavy atom. The molecule has 1 rings (SSSR count). The van der Waals surface area contributed by atoms with Crippen LogP contribution in [-0.2, 0) is 0 Å². The lowest BCUT2D eigenvalue weighted by molar-refractivity contribution is 0.183. The van der Waals surface area contributed by atoms with Gasteiger partial charge in [-0.25, -0.2) is 0 Å². The molecule has 2 N–H and O–H groups in total. The van der Waals surface area contributed by atoms with Gasteiger partial charge >= 0.3 is 0 Å². The second-order valence-corrected chi connectivity index (χ2v) is 3.83. The first-order valence-electron chi connectivity index (χ1n) is 4.81. The van der Waals surface area contributed by atoms with Crippen molar-refractivity contribution >= 4 is 17.3 Å². The smallest absolute Gasteiger partial charge is 0.0709 e. The van der Waals surface area contributed by atoms with E-state index in [1.807, 2.05) is 32.0 Å². The van der Waals surface area contributed by atoms with E-state index in [4.69, 9.17) is 11.6 Å². The number of hydrogen-bond acceptors (Lipinski definition) is 2. The summed E-state index contributed by atoms with van der Waals surface area (Å²) in [6, 6.07) is 5.83. The highest BCUT2D eigenvalue weighted by atomic mass is 35.5. The van der Waals surface area contributed by atoms with Crippen molar-refractivity contribution in [2.45, 2.75) is 26.4 Å². The number of aryl methyl sites for hydroxylation is 1. The molecule has 0 saturated heterocycles. The third kappa shape index (κ3) is 3.20. The lowest BCUT2D eigenvalue weighted by Gasteiger charge is -2.12. The van der Waals surface area contributed by atoms with Crippen LogP contribution in [0.3, 0.4) is 0 Å². The van der Waals surface area contributed by atoms with Crippen LogP contribution in [0.4, 0.5) is 5.69 Å². The second kappa shape index (κ2) is 5.23. The molecule has 0 unspecified atom stereocenters. The summed E-state index contributed by atoms with van der Waals surface area (Å²) < 4.78 is 0. The molecule has 78 valence electrons. The molecule has 0 aliphatic rings. The average Bonchev–Trinajstić information content (AvgIpc) is 2.16. The van der Waals surface area contributed by atoms with Crippen molar-refractivity contribution in [3.8, 4) is 0 Å². The van der Waals surface area contributed by atoms with Crippen LogP contribution in [0.5, 0.6) is 0 Å². The summed E-state index contributed by atoms with van der Waals surface area (Å²) in [7, 11) is 0. The van der Waals surface area contributed by atoms with E-state index in [0.29, 0.717) is 11.6 Å². The normalized spacial score (nSPS) is 12.6. The van der Waals surface area contributed by atoms with Crippen LogP contribution in [0.15, 0.2) is 18.2 Å². The molecule has 1 aromatic rings. The van der Waals surface area contributed by atoms with E-state index < -0.39 is 0 Å². The Hall–Kier alpha value is -0.730. The molecule has 0 bridgehead atoms. The second-order valence-electron chi connectivity index (χ2n) is 3.43. The lowest BCUT2D eigenvalue weighted by atomic mass is 10.2. The van der Waals surface area contributed by atoms with Crippen LogP contribution in [-0.4, -0.2) is 17.8 Å². The monoisotopic (exact) mass is 213 g/mol. The largest absolute Gasteiger partial charge is 0.391 e. The predicted octanol–water partition coefficient (Wildman–Crippen LogP) is 2.83. The highest BCUT2D eigenvalue weighted by molar-refractivity contribution is 6.33. The van der Waals surface area contributed by atoms with Gasteiger partial charge in [0.05, 0.1) is 16.8 Å². The van der Waals surface area contributed by atoms with Gasteiger partial charge in [0.1, 0.15) is 0 Å². The Labute approximate surface area is 89.9 Å². The molecule has 0 aliphatic carbocycles. The number of rotatable bonds is 4. The molecule has 0 aromatic heterocycles. The summed E-state index contributed by atoms with van der Waals surface area (Å²) in [5.74, 6) is 0. The summed E-state index contributed by atoms with van der Waals surface area (Å²) in [6.45, 7) is 4.49. The van der Waals surface area contributed by atoms with Gasteiger partial charge in [-0.3, -0.25) is 0 Å². The van der Waals surface area contributed by atoms with Gasteiger partial charge in [-0.2, -0.15) is 0 Å². The Balaban J connectivity index is 2.59. The van der Waals surface area contributed by atoms with E-state index in [1.165, 1.54) is 0 Å². The van der Waals surface area contributed by atoms with Crippen LogP contribution in [0.1, 0.15) is 18.9 Å². The van der Waals surface area contributed by atoms with Crippen molar-refractivity contribution in [3.63, 3.8) is 0 Å². The zero-order valence-corrected chi connectivity index (χ0v) is 9.30. The predicted molar refractivity (Wildman–Crippen MR) is 61.0 cm³/mol. The van der Waals surface area contributed by atoms with Gasteiger partial charge in [0.25, 0.3) is 0 Å². The van der Waals surface area contributed by atoms with Crippen molar-refractivity contribution in [3.05, 3.63) is 28.8 Å². The SMILES string of the molecule is CC[C@@H](O)CNc1ccc(C)cc1Cl. The standard InChI is InChI=1S/C11H16ClNO/c1-3-9(14)7-13-11-5-4-8(2)6-10(11)12/h4-6,9,13-14H,3,7H2,1-2H3/t9-/m1/s1. The first kappa shape index (κ1) is 11.3. The van der Waals surface area contributed by atoms with Crippen LogP contribution < -0.4 is 5.32 Å². The van der Waals surface area contributed by atoms with Crippen molar-refractivity contribution in [2.75, 3.05) is 11.9 Å². The summed E-state index contributed by atoms with van der Waals surface area (Å²) in [5, 5.41) is 13.2. The Morgan fingerprint density at radius 3 is 2.79 bits per heavy atom. The van der Waals surface area contributed by atoms with E-state index >= 15 is 0 Å². The Morgan fingerprint density at radius 2 is 2.21 bits per heavy atom. The molecule has 14 heavy (non-hydrogen) atoms. The topological polar surface area (TPSA) is 32.3 Å². The van der Waals surface area contributed by atoms with Crippen LogP contribution in [0.2, 0.25) is 5.02 Å². The molecule has 2 nitrogen and oxygen atoms in total.